The Balaban J connectivity index is 1.71. The Morgan fingerprint density at radius 2 is 1.76 bits per heavy atom. The van der Waals surface area contributed by atoms with E-state index >= 15 is 0 Å². The Morgan fingerprint density at radius 1 is 1.03 bits per heavy atom. The first-order valence-corrected chi connectivity index (χ1v) is 11.4. The average molecular weight is 517 g/mol. The van der Waals surface area contributed by atoms with Crippen molar-refractivity contribution in [3.63, 3.8) is 0 Å². The Kier molecular flexibility index (Phi) is 7.79. The number of alkyl halides is 3. The van der Waals surface area contributed by atoms with E-state index in [1.807, 2.05) is 25.4 Å². The number of nitrogens with one attached hydrogen (secondary N) is 1. The number of rotatable bonds is 10. The maximum absolute atomic E-state index is 12.6. The number of aryl methyl sites for hydroxylation is 1. The zero-order chi connectivity index (χ0) is 26.6. The number of nitrogens with zero attached hydrogens (tertiary/aromatic N) is 5. The number of halogens is 3. The van der Waals surface area contributed by atoms with Gasteiger partial charge in [-0.3, -0.25) is 9.67 Å². The Hall–Kier alpha value is -3.90. The average Bonchev–Trinajstić information content (AvgIpc) is 3.31. The molecule has 4 rings (SSSR count). The normalized spacial score (nSPS) is 12.5. The number of methoxy groups -OCH3 is 2. The van der Waals surface area contributed by atoms with Crippen LogP contribution in [0.15, 0.2) is 55.0 Å². The molecular formula is C25H27F3N6O3. The van der Waals surface area contributed by atoms with Gasteiger partial charge >= 0.3 is 6.18 Å². The minimum atomic E-state index is -4.37. The molecule has 0 saturated heterocycles. The molecular weight excluding hydrogens is 489 g/mol. The van der Waals surface area contributed by atoms with E-state index in [-0.39, 0.29) is 13.1 Å². The van der Waals surface area contributed by atoms with Crippen LogP contribution in [0.1, 0.15) is 0 Å². The van der Waals surface area contributed by atoms with Crippen molar-refractivity contribution in [2.75, 3.05) is 38.8 Å². The highest BCUT2D eigenvalue weighted by Crippen LogP contribution is 2.34. The molecule has 0 amide bonds. The van der Waals surface area contributed by atoms with Crippen LogP contribution in [-0.2, 0) is 7.05 Å². The Bertz CT molecular complexity index is 1340. The summed E-state index contributed by atoms with van der Waals surface area (Å²) < 4.78 is 50.2. The van der Waals surface area contributed by atoms with Crippen LogP contribution in [-0.4, -0.2) is 71.0 Å². The van der Waals surface area contributed by atoms with Gasteiger partial charge in [0.2, 0.25) is 0 Å². The first kappa shape index (κ1) is 26.2. The van der Waals surface area contributed by atoms with Gasteiger partial charge in [0.25, 0.3) is 0 Å². The van der Waals surface area contributed by atoms with Crippen LogP contribution in [0, 0.1) is 0 Å². The van der Waals surface area contributed by atoms with E-state index in [4.69, 9.17) is 14.5 Å². The third-order valence-corrected chi connectivity index (χ3v) is 5.58. The predicted molar refractivity (Wildman–Crippen MR) is 133 cm³/mol. The molecule has 0 fully saturated rings. The highest BCUT2D eigenvalue weighted by molar-refractivity contribution is 5.82. The molecule has 2 aromatic carbocycles. The molecule has 0 aliphatic rings. The smallest absolute Gasteiger partial charge is 0.401 e. The summed E-state index contributed by atoms with van der Waals surface area (Å²) in [6, 6.07) is 10.6. The summed E-state index contributed by atoms with van der Waals surface area (Å²) in [6.45, 7) is -1.46. The number of aliphatic hydroxyl groups is 1. The molecule has 2 aromatic heterocycles. The SMILES string of the molecule is COc1cc(OC)cc(N(C[C@@H](O)CNCC(F)(F)F)c2ccc3ncc(-c4cnn(C)c4)nc3c2)c1. The summed E-state index contributed by atoms with van der Waals surface area (Å²) in [5.41, 5.74) is 3.97. The van der Waals surface area contributed by atoms with Crippen molar-refractivity contribution in [1.29, 1.82) is 0 Å². The molecule has 4 aromatic rings. The number of aliphatic hydroxyl groups excluding tert-OH is 1. The van der Waals surface area contributed by atoms with Crippen LogP contribution >= 0.6 is 0 Å². The Morgan fingerprint density at radius 3 is 2.38 bits per heavy atom. The second kappa shape index (κ2) is 11.0. The van der Waals surface area contributed by atoms with Gasteiger partial charge in [-0.15, -0.1) is 0 Å². The van der Waals surface area contributed by atoms with Gasteiger partial charge in [0.1, 0.15) is 11.5 Å². The molecule has 0 spiro atoms. The van der Waals surface area contributed by atoms with Gasteiger partial charge in [0, 0.05) is 54.9 Å². The lowest BCUT2D eigenvalue weighted by molar-refractivity contribution is -0.125. The molecule has 0 bridgehead atoms. The summed E-state index contributed by atoms with van der Waals surface area (Å²) in [6.07, 6.45) is -0.303. The summed E-state index contributed by atoms with van der Waals surface area (Å²) in [4.78, 5) is 11.0. The lowest BCUT2D eigenvalue weighted by Crippen LogP contribution is -2.39. The first-order valence-electron chi connectivity index (χ1n) is 11.4. The molecule has 9 nitrogen and oxygen atoms in total. The van der Waals surface area contributed by atoms with Gasteiger partial charge in [-0.1, -0.05) is 0 Å². The molecule has 0 unspecified atom stereocenters. The molecule has 0 aliphatic carbocycles. The summed E-state index contributed by atoms with van der Waals surface area (Å²) >= 11 is 0. The van der Waals surface area contributed by atoms with E-state index in [1.54, 1.807) is 46.2 Å². The van der Waals surface area contributed by atoms with E-state index < -0.39 is 18.8 Å². The van der Waals surface area contributed by atoms with E-state index in [9.17, 15) is 18.3 Å². The topological polar surface area (TPSA) is 97.6 Å². The third-order valence-electron chi connectivity index (χ3n) is 5.58. The summed E-state index contributed by atoms with van der Waals surface area (Å²) in [5.74, 6) is 1.03. The van der Waals surface area contributed by atoms with Crippen molar-refractivity contribution in [2.45, 2.75) is 12.3 Å². The molecule has 37 heavy (non-hydrogen) atoms. The number of hydrogen-bond acceptors (Lipinski definition) is 8. The van der Waals surface area contributed by atoms with Crippen LogP contribution in [0.25, 0.3) is 22.3 Å². The fourth-order valence-electron chi connectivity index (χ4n) is 3.82. The molecule has 1 atom stereocenters. The van der Waals surface area contributed by atoms with Crippen molar-refractivity contribution >= 4 is 22.4 Å². The number of aromatic nitrogens is 4. The fourth-order valence-corrected chi connectivity index (χ4v) is 3.82. The van der Waals surface area contributed by atoms with Gasteiger partial charge in [-0.25, -0.2) is 4.98 Å². The zero-order valence-corrected chi connectivity index (χ0v) is 20.5. The molecule has 196 valence electrons. The van der Waals surface area contributed by atoms with E-state index in [2.05, 4.69) is 15.4 Å². The molecule has 2 N–H and O–H groups in total. The van der Waals surface area contributed by atoms with Crippen molar-refractivity contribution in [3.8, 4) is 22.8 Å². The highest BCUT2D eigenvalue weighted by atomic mass is 19.4. The third kappa shape index (κ3) is 6.66. The van der Waals surface area contributed by atoms with Gasteiger partial charge in [0.15, 0.2) is 0 Å². The van der Waals surface area contributed by atoms with Crippen LogP contribution in [0.4, 0.5) is 24.5 Å². The number of hydrogen-bond donors (Lipinski definition) is 2. The molecule has 12 heteroatoms. The molecule has 0 aliphatic heterocycles. The standard InChI is InChI=1S/C25H27F3N6O3/c1-33-13-16(10-31-33)24-12-30-22-5-4-17(8-23(22)32-24)34(14-19(35)11-29-15-25(26,27)28)18-6-20(36-2)9-21(7-18)37-3/h4-10,12-13,19,29,35H,11,14-15H2,1-3H3/t19-/m0/s1. The number of fused-ring (bicyclic) bond motifs is 1. The number of benzene rings is 2. The van der Waals surface area contributed by atoms with E-state index in [0.717, 1.165) is 5.56 Å². The van der Waals surface area contributed by atoms with Crippen LogP contribution < -0.4 is 19.7 Å². The van der Waals surface area contributed by atoms with Crippen LogP contribution in [0.2, 0.25) is 0 Å². The van der Waals surface area contributed by atoms with Gasteiger partial charge in [-0.05, 0) is 18.2 Å². The van der Waals surface area contributed by atoms with E-state index in [1.165, 1.54) is 14.2 Å². The maximum atomic E-state index is 12.6. The van der Waals surface area contributed by atoms with Crippen molar-refractivity contribution < 1.29 is 27.8 Å². The second-order valence-corrected chi connectivity index (χ2v) is 8.41. The monoisotopic (exact) mass is 516 g/mol. The van der Waals surface area contributed by atoms with Crippen molar-refractivity contribution in [1.82, 2.24) is 25.1 Å². The van der Waals surface area contributed by atoms with Gasteiger partial charge < -0.3 is 24.8 Å². The first-order chi connectivity index (χ1) is 17.6. The lowest BCUT2D eigenvalue weighted by atomic mass is 10.1. The molecule has 2 heterocycles. The van der Waals surface area contributed by atoms with Gasteiger partial charge in [0.05, 0.1) is 62.5 Å². The Labute approximate surface area is 211 Å². The summed E-state index contributed by atoms with van der Waals surface area (Å²) in [7, 11) is 4.85. The number of anilines is 2. The number of ether oxygens (including phenoxy) is 2. The summed E-state index contributed by atoms with van der Waals surface area (Å²) in [5, 5.41) is 17.1. The van der Waals surface area contributed by atoms with Crippen molar-refractivity contribution in [2.24, 2.45) is 7.05 Å². The second-order valence-electron chi connectivity index (χ2n) is 8.41. The van der Waals surface area contributed by atoms with Crippen molar-refractivity contribution in [3.05, 3.63) is 55.0 Å². The fraction of sp³-hybridized carbons (Fsp3) is 0.320. The van der Waals surface area contributed by atoms with E-state index in [0.29, 0.717) is 39.6 Å². The van der Waals surface area contributed by atoms with Crippen LogP contribution in [0.5, 0.6) is 11.5 Å². The zero-order valence-electron chi connectivity index (χ0n) is 20.5. The van der Waals surface area contributed by atoms with Gasteiger partial charge in [-0.2, -0.15) is 18.3 Å². The highest BCUT2D eigenvalue weighted by Gasteiger charge is 2.27. The quantitative estimate of drug-likeness (QED) is 0.329. The van der Waals surface area contributed by atoms with Crippen LogP contribution in [0.3, 0.4) is 0 Å². The minimum Gasteiger partial charge on any atom is -0.497 e. The molecule has 0 radical (unpaired) electrons. The predicted octanol–water partition coefficient (Wildman–Crippen LogP) is 3.70. The lowest BCUT2D eigenvalue weighted by Gasteiger charge is -2.28. The minimum absolute atomic E-state index is 0.0115. The largest absolute Gasteiger partial charge is 0.497 e. The maximum Gasteiger partial charge on any atom is 0.401 e. The molecule has 0 saturated carbocycles.